The topological polar surface area (TPSA) is 84.1 Å². The Kier molecular flexibility index (Phi) is 5.01. The van der Waals surface area contributed by atoms with E-state index in [1.54, 1.807) is 12.3 Å². The lowest BCUT2D eigenvalue weighted by molar-refractivity contribution is 0.0938. The number of thiophene rings is 1. The van der Waals surface area contributed by atoms with Crippen molar-refractivity contribution >= 4 is 39.0 Å². The molecule has 1 amide bonds. The molecule has 1 saturated heterocycles. The molecular weight excluding hydrogens is 437 g/mol. The zero-order chi connectivity index (χ0) is 22.7. The van der Waals surface area contributed by atoms with Gasteiger partial charge in [-0.2, -0.15) is 0 Å². The highest BCUT2D eigenvalue weighted by molar-refractivity contribution is 7.21. The predicted octanol–water partition coefficient (Wildman–Crippen LogP) is 4.24. The maximum atomic E-state index is 15.2. The molecule has 8 heteroatoms. The van der Waals surface area contributed by atoms with Crippen molar-refractivity contribution in [3.8, 4) is 0 Å². The number of anilines is 2. The molecule has 6 rings (SSSR count). The number of aromatic nitrogens is 2. The standard InChI is InChI=1S/C25H28FN5OS/c1-13-10-28-22-21(27)23(33-25(22)29-13)24(32)30-17-5-4-16-7-18(9-20(26)19(16)8-17)31-11-14-2-3-15(6-14)12-31/h7,9-10,14-15,17H,2-6,8,11-12,27H2,1H3,(H,30,32)/t14?,15?,17-/m0/s1. The smallest absolute Gasteiger partial charge is 0.263 e. The third-order valence-corrected chi connectivity index (χ3v) is 8.65. The van der Waals surface area contributed by atoms with Crippen LogP contribution in [0.25, 0.3) is 10.3 Å². The number of nitrogens with zero attached hydrogens (tertiary/aromatic N) is 3. The lowest BCUT2D eigenvalue weighted by Crippen LogP contribution is -2.39. The van der Waals surface area contributed by atoms with Crippen LogP contribution in [0.4, 0.5) is 15.8 Å². The maximum Gasteiger partial charge on any atom is 0.263 e. The van der Waals surface area contributed by atoms with Gasteiger partial charge in [0.05, 0.1) is 11.4 Å². The summed E-state index contributed by atoms with van der Waals surface area (Å²) >= 11 is 1.26. The quantitative estimate of drug-likeness (QED) is 0.604. The van der Waals surface area contributed by atoms with Gasteiger partial charge in [0.2, 0.25) is 0 Å². The van der Waals surface area contributed by atoms with Crippen molar-refractivity contribution in [1.29, 1.82) is 0 Å². The van der Waals surface area contributed by atoms with Gasteiger partial charge in [0.1, 0.15) is 21.0 Å². The number of amides is 1. The fraction of sp³-hybridized carbons (Fsp3) is 0.480. The summed E-state index contributed by atoms with van der Waals surface area (Å²) in [4.78, 5) is 25.2. The van der Waals surface area contributed by atoms with Gasteiger partial charge in [-0.05, 0) is 80.5 Å². The molecule has 2 bridgehead atoms. The summed E-state index contributed by atoms with van der Waals surface area (Å²) in [6.07, 6.45) is 7.65. The number of nitrogens with one attached hydrogen (secondary N) is 1. The number of aryl methyl sites for hydroxylation is 2. The molecule has 3 atom stereocenters. The van der Waals surface area contributed by atoms with Gasteiger partial charge in [0, 0.05) is 31.0 Å². The lowest BCUT2D eigenvalue weighted by atomic mass is 9.87. The first kappa shape index (κ1) is 20.8. The summed E-state index contributed by atoms with van der Waals surface area (Å²) in [5.74, 6) is 1.14. The molecule has 0 spiro atoms. The van der Waals surface area contributed by atoms with Crippen molar-refractivity contribution in [2.75, 3.05) is 23.7 Å². The van der Waals surface area contributed by atoms with E-state index in [-0.39, 0.29) is 17.8 Å². The van der Waals surface area contributed by atoms with E-state index in [0.29, 0.717) is 27.3 Å². The van der Waals surface area contributed by atoms with E-state index < -0.39 is 0 Å². The molecule has 6 nitrogen and oxygen atoms in total. The molecule has 3 N–H and O–H groups in total. The summed E-state index contributed by atoms with van der Waals surface area (Å²) < 4.78 is 15.2. The van der Waals surface area contributed by atoms with E-state index >= 15 is 4.39 Å². The second-order valence-electron chi connectivity index (χ2n) is 9.94. The zero-order valence-corrected chi connectivity index (χ0v) is 19.6. The number of fused-ring (bicyclic) bond motifs is 4. The third-order valence-electron chi connectivity index (χ3n) is 7.56. The number of carbonyl (C=O) groups is 1. The van der Waals surface area contributed by atoms with Crippen LogP contribution in [0, 0.1) is 24.6 Å². The van der Waals surface area contributed by atoms with Crippen molar-refractivity contribution in [3.63, 3.8) is 0 Å². The Hall–Kier alpha value is -2.74. The second kappa shape index (κ2) is 7.94. The minimum atomic E-state index is -0.232. The number of hydrogen-bond acceptors (Lipinski definition) is 6. The number of piperidine rings is 1. The highest BCUT2D eigenvalue weighted by atomic mass is 32.1. The van der Waals surface area contributed by atoms with Crippen LogP contribution in [0.3, 0.4) is 0 Å². The Bertz CT molecular complexity index is 1250. The van der Waals surface area contributed by atoms with Gasteiger partial charge in [0.15, 0.2) is 0 Å². The number of nitrogens with two attached hydrogens (primary N) is 1. The van der Waals surface area contributed by atoms with Crippen LogP contribution < -0.4 is 16.0 Å². The molecule has 3 heterocycles. The first-order chi connectivity index (χ1) is 15.9. The van der Waals surface area contributed by atoms with Gasteiger partial charge >= 0.3 is 0 Å². The number of rotatable bonds is 3. The summed E-state index contributed by atoms with van der Waals surface area (Å²) in [7, 11) is 0. The normalized spacial score (nSPS) is 24.2. The van der Waals surface area contributed by atoms with Gasteiger partial charge in [0.25, 0.3) is 5.91 Å². The molecular formula is C25H28FN5OS. The molecule has 1 aliphatic heterocycles. The summed E-state index contributed by atoms with van der Waals surface area (Å²) in [5, 5.41) is 3.08. The summed E-state index contributed by atoms with van der Waals surface area (Å²) in [5.41, 5.74) is 10.7. The Balaban J connectivity index is 1.19. The van der Waals surface area contributed by atoms with Crippen LogP contribution in [0.2, 0.25) is 0 Å². The molecule has 0 radical (unpaired) electrons. The fourth-order valence-corrected chi connectivity index (χ4v) is 6.92. The van der Waals surface area contributed by atoms with Crippen molar-refractivity contribution < 1.29 is 9.18 Å². The molecule has 1 saturated carbocycles. The molecule has 2 aromatic heterocycles. The second-order valence-corrected chi connectivity index (χ2v) is 10.9. The number of carbonyl (C=O) groups excluding carboxylic acids is 1. The summed E-state index contributed by atoms with van der Waals surface area (Å²) in [6.45, 7) is 3.96. The van der Waals surface area contributed by atoms with E-state index in [4.69, 9.17) is 5.73 Å². The Morgan fingerprint density at radius 1 is 1.24 bits per heavy atom. The van der Waals surface area contributed by atoms with Crippen LogP contribution in [-0.2, 0) is 12.8 Å². The van der Waals surface area contributed by atoms with Crippen LogP contribution in [-0.4, -0.2) is 35.0 Å². The Morgan fingerprint density at radius 3 is 2.82 bits per heavy atom. The van der Waals surface area contributed by atoms with Crippen molar-refractivity contribution in [3.05, 3.63) is 45.8 Å². The average Bonchev–Trinajstić information content (AvgIpc) is 3.31. The summed E-state index contributed by atoms with van der Waals surface area (Å²) in [6, 6.07) is 3.77. The third kappa shape index (κ3) is 3.74. The van der Waals surface area contributed by atoms with Crippen LogP contribution in [0.5, 0.6) is 0 Å². The Labute approximate surface area is 196 Å². The fourth-order valence-electron chi connectivity index (χ4n) is 5.92. The van der Waals surface area contributed by atoms with E-state index in [2.05, 4.69) is 26.3 Å². The van der Waals surface area contributed by atoms with E-state index in [9.17, 15) is 4.79 Å². The predicted molar refractivity (Wildman–Crippen MR) is 129 cm³/mol. The highest BCUT2D eigenvalue weighted by Crippen LogP contribution is 2.39. The van der Waals surface area contributed by atoms with E-state index in [1.807, 2.05) is 6.92 Å². The molecule has 1 aromatic carbocycles. The minimum Gasteiger partial charge on any atom is -0.396 e. The van der Waals surface area contributed by atoms with Gasteiger partial charge in [-0.1, -0.05) is 0 Å². The van der Waals surface area contributed by atoms with Gasteiger partial charge in [-0.15, -0.1) is 11.3 Å². The van der Waals surface area contributed by atoms with Crippen LogP contribution >= 0.6 is 11.3 Å². The largest absolute Gasteiger partial charge is 0.396 e. The monoisotopic (exact) mass is 465 g/mol. The maximum absolute atomic E-state index is 15.2. The first-order valence-electron chi connectivity index (χ1n) is 11.8. The molecule has 2 unspecified atom stereocenters. The molecule has 2 aliphatic carbocycles. The van der Waals surface area contributed by atoms with Crippen LogP contribution in [0.1, 0.15) is 52.2 Å². The van der Waals surface area contributed by atoms with E-state index in [1.165, 1.54) is 30.6 Å². The number of halogens is 1. The number of hydrogen-bond donors (Lipinski definition) is 2. The number of nitrogen functional groups attached to an aromatic ring is 1. The average molecular weight is 466 g/mol. The Morgan fingerprint density at radius 2 is 2.03 bits per heavy atom. The molecule has 33 heavy (non-hydrogen) atoms. The van der Waals surface area contributed by atoms with Crippen LogP contribution in [0.15, 0.2) is 18.3 Å². The van der Waals surface area contributed by atoms with E-state index in [0.717, 1.165) is 60.3 Å². The highest BCUT2D eigenvalue weighted by Gasteiger charge is 2.34. The van der Waals surface area contributed by atoms with Gasteiger partial charge in [-0.25, -0.2) is 14.4 Å². The van der Waals surface area contributed by atoms with Gasteiger partial charge < -0.3 is 16.0 Å². The minimum absolute atomic E-state index is 0.122. The SMILES string of the molecule is Cc1cnc2c(N)c(C(=O)N[C@H]3CCc4cc(N5CC6CCC(C6)C5)cc(F)c4C3)sc2n1. The number of benzene rings is 1. The molecule has 172 valence electrons. The zero-order valence-electron chi connectivity index (χ0n) is 18.7. The molecule has 2 fully saturated rings. The lowest BCUT2D eigenvalue weighted by Gasteiger charge is -2.35. The molecule has 3 aromatic rings. The first-order valence-corrected chi connectivity index (χ1v) is 12.6. The van der Waals surface area contributed by atoms with Crippen molar-refractivity contribution in [1.82, 2.24) is 15.3 Å². The van der Waals surface area contributed by atoms with Gasteiger partial charge in [-0.3, -0.25) is 4.79 Å². The van der Waals surface area contributed by atoms with Crippen molar-refractivity contribution in [2.45, 2.75) is 51.5 Å². The molecule has 3 aliphatic rings. The van der Waals surface area contributed by atoms with Crippen molar-refractivity contribution in [2.24, 2.45) is 11.8 Å².